The minimum Gasteiger partial charge on any atom is -0.493 e. The number of rotatable bonds is 12. The summed E-state index contributed by atoms with van der Waals surface area (Å²) in [7, 11) is 1.67. The van der Waals surface area contributed by atoms with Gasteiger partial charge in [-0.15, -0.1) is 0 Å². The third-order valence-corrected chi connectivity index (χ3v) is 5.04. The number of nitrogens with zero attached hydrogens (tertiary/aromatic N) is 2. The summed E-state index contributed by atoms with van der Waals surface area (Å²) in [5.74, 6) is 3.02. The van der Waals surface area contributed by atoms with Crippen LogP contribution in [0.25, 0.3) is 0 Å². The zero-order valence-corrected chi connectivity index (χ0v) is 19.2. The van der Waals surface area contributed by atoms with Gasteiger partial charge < -0.3 is 24.8 Å². The second-order valence-corrected chi connectivity index (χ2v) is 7.69. The number of benzene rings is 1. The van der Waals surface area contributed by atoms with Crippen molar-refractivity contribution < 1.29 is 14.2 Å². The molecule has 7 heteroatoms. The molecule has 0 saturated carbocycles. The second kappa shape index (κ2) is 14.1. The molecule has 2 N–H and O–H groups in total. The van der Waals surface area contributed by atoms with Gasteiger partial charge in [0, 0.05) is 39.3 Å². The smallest absolute Gasteiger partial charge is 0.191 e. The molecule has 1 saturated heterocycles. The Morgan fingerprint density at radius 2 is 2.00 bits per heavy atom. The summed E-state index contributed by atoms with van der Waals surface area (Å²) < 4.78 is 16.5. The first-order valence-electron chi connectivity index (χ1n) is 11.3. The molecule has 1 aliphatic rings. The molecule has 1 aromatic carbocycles. The maximum atomic E-state index is 5.67. The predicted octanol–water partition coefficient (Wildman–Crippen LogP) is 2.55. The first-order valence-corrected chi connectivity index (χ1v) is 11.3. The summed E-state index contributed by atoms with van der Waals surface area (Å²) >= 11 is 0. The molecule has 1 aromatic rings. The van der Waals surface area contributed by atoms with Gasteiger partial charge in [0.15, 0.2) is 17.5 Å². The first-order chi connectivity index (χ1) is 14.7. The lowest BCUT2D eigenvalue weighted by Crippen LogP contribution is -2.40. The molecule has 1 fully saturated rings. The number of morpholine rings is 1. The van der Waals surface area contributed by atoms with Crippen LogP contribution < -0.4 is 20.1 Å². The highest BCUT2D eigenvalue weighted by atomic mass is 16.5. The molecule has 0 amide bonds. The van der Waals surface area contributed by atoms with Crippen molar-refractivity contribution in [2.75, 3.05) is 66.2 Å². The van der Waals surface area contributed by atoms with Crippen LogP contribution in [0.4, 0.5) is 0 Å². The predicted molar refractivity (Wildman–Crippen MR) is 123 cm³/mol. The Hall–Kier alpha value is -1.99. The number of aryl methyl sites for hydroxylation is 1. The maximum absolute atomic E-state index is 5.67. The van der Waals surface area contributed by atoms with E-state index in [4.69, 9.17) is 19.2 Å². The van der Waals surface area contributed by atoms with Crippen molar-refractivity contribution in [3.05, 3.63) is 23.8 Å². The summed E-state index contributed by atoms with van der Waals surface area (Å²) in [5, 5.41) is 6.81. The molecule has 2 rings (SSSR count). The number of methoxy groups -OCH3 is 1. The van der Waals surface area contributed by atoms with E-state index in [0.29, 0.717) is 12.5 Å². The third kappa shape index (κ3) is 8.79. The van der Waals surface area contributed by atoms with Gasteiger partial charge in [-0.2, -0.15) is 0 Å². The summed E-state index contributed by atoms with van der Waals surface area (Å²) in [6.45, 7) is 14.4. The van der Waals surface area contributed by atoms with Gasteiger partial charge in [0.05, 0.1) is 26.9 Å². The van der Waals surface area contributed by atoms with Crippen LogP contribution in [0.5, 0.6) is 11.5 Å². The minimum atomic E-state index is 0.523. The molecule has 1 heterocycles. The monoisotopic (exact) mass is 420 g/mol. The number of aliphatic imine (C=N–C) groups is 1. The SMILES string of the molecule is CCNC(=NCC(C)CN1CCOCC1)NCCCc1ccc(OC)c(OCC)c1. The average Bonchev–Trinajstić information content (AvgIpc) is 2.76. The van der Waals surface area contributed by atoms with E-state index in [9.17, 15) is 0 Å². The van der Waals surface area contributed by atoms with E-state index in [0.717, 1.165) is 82.8 Å². The third-order valence-electron chi connectivity index (χ3n) is 5.04. The molecule has 170 valence electrons. The van der Waals surface area contributed by atoms with Gasteiger partial charge in [0.2, 0.25) is 0 Å². The Kier molecular flexibility index (Phi) is 11.4. The van der Waals surface area contributed by atoms with Gasteiger partial charge >= 0.3 is 0 Å². The number of nitrogens with one attached hydrogen (secondary N) is 2. The fourth-order valence-electron chi connectivity index (χ4n) is 3.52. The lowest BCUT2D eigenvalue weighted by Gasteiger charge is -2.28. The van der Waals surface area contributed by atoms with Gasteiger partial charge in [0.1, 0.15) is 0 Å². The standard InChI is InChI=1S/C23H40N4O3/c1-5-24-23(26-17-19(3)18-27-12-14-29-15-13-27)25-11-7-8-20-9-10-21(28-4)22(16-20)30-6-2/h9-10,16,19H,5-8,11-15,17-18H2,1-4H3,(H2,24,25,26). The van der Waals surface area contributed by atoms with E-state index in [1.54, 1.807) is 7.11 Å². The molecule has 30 heavy (non-hydrogen) atoms. The van der Waals surface area contributed by atoms with Crippen LogP contribution in [0.3, 0.4) is 0 Å². The fraction of sp³-hybridized carbons (Fsp3) is 0.696. The Morgan fingerprint density at radius 1 is 1.20 bits per heavy atom. The van der Waals surface area contributed by atoms with E-state index in [2.05, 4.69) is 41.5 Å². The topological polar surface area (TPSA) is 67.4 Å². The highest BCUT2D eigenvalue weighted by Crippen LogP contribution is 2.28. The molecule has 1 unspecified atom stereocenters. The van der Waals surface area contributed by atoms with E-state index in [1.165, 1.54) is 5.56 Å². The van der Waals surface area contributed by atoms with Crippen molar-refractivity contribution in [3.8, 4) is 11.5 Å². The second-order valence-electron chi connectivity index (χ2n) is 7.69. The molecule has 0 aliphatic carbocycles. The normalized spacial score (nSPS) is 16.2. The van der Waals surface area contributed by atoms with Gasteiger partial charge in [-0.25, -0.2) is 0 Å². The molecule has 1 atom stereocenters. The molecule has 0 radical (unpaired) electrons. The highest BCUT2D eigenvalue weighted by Gasteiger charge is 2.13. The number of hydrogen-bond acceptors (Lipinski definition) is 5. The summed E-state index contributed by atoms with van der Waals surface area (Å²) in [4.78, 5) is 7.25. The fourth-order valence-corrected chi connectivity index (χ4v) is 3.52. The van der Waals surface area contributed by atoms with Crippen LogP contribution in [0.15, 0.2) is 23.2 Å². The van der Waals surface area contributed by atoms with Crippen LogP contribution >= 0.6 is 0 Å². The van der Waals surface area contributed by atoms with Crippen LogP contribution in [0, 0.1) is 5.92 Å². The molecular weight excluding hydrogens is 380 g/mol. The van der Waals surface area contributed by atoms with Crippen molar-refractivity contribution in [2.45, 2.75) is 33.6 Å². The van der Waals surface area contributed by atoms with E-state index >= 15 is 0 Å². The van der Waals surface area contributed by atoms with Crippen LogP contribution in [0.1, 0.15) is 32.8 Å². The Bertz CT molecular complexity index is 633. The van der Waals surface area contributed by atoms with E-state index < -0.39 is 0 Å². The maximum Gasteiger partial charge on any atom is 0.191 e. The molecule has 7 nitrogen and oxygen atoms in total. The number of guanidine groups is 1. The van der Waals surface area contributed by atoms with Crippen molar-refractivity contribution in [1.29, 1.82) is 0 Å². The summed E-state index contributed by atoms with van der Waals surface area (Å²) in [5.41, 5.74) is 1.25. The van der Waals surface area contributed by atoms with Crippen molar-refractivity contribution in [3.63, 3.8) is 0 Å². The zero-order valence-electron chi connectivity index (χ0n) is 19.2. The summed E-state index contributed by atoms with van der Waals surface area (Å²) in [6, 6.07) is 6.16. The largest absolute Gasteiger partial charge is 0.493 e. The van der Waals surface area contributed by atoms with Gasteiger partial charge in [-0.1, -0.05) is 13.0 Å². The molecule has 1 aliphatic heterocycles. The number of ether oxygens (including phenoxy) is 3. The molecule has 0 bridgehead atoms. The van der Waals surface area contributed by atoms with Crippen molar-refractivity contribution >= 4 is 5.96 Å². The highest BCUT2D eigenvalue weighted by molar-refractivity contribution is 5.79. The van der Waals surface area contributed by atoms with Crippen LogP contribution in [-0.2, 0) is 11.2 Å². The van der Waals surface area contributed by atoms with Gasteiger partial charge in [-0.3, -0.25) is 9.89 Å². The minimum absolute atomic E-state index is 0.523. The van der Waals surface area contributed by atoms with E-state index in [1.807, 2.05) is 13.0 Å². The number of hydrogen-bond donors (Lipinski definition) is 2. The summed E-state index contributed by atoms with van der Waals surface area (Å²) in [6.07, 6.45) is 2.00. The van der Waals surface area contributed by atoms with Crippen LogP contribution in [0.2, 0.25) is 0 Å². The lowest BCUT2D eigenvalue weighted by molar-refractivity contribution is 0.0323. The molecule has 0 spiro atoms. The molecular formula is C23H40N4O3. The average molecular weight is 421 g/mol. The zero-order chi connectivity index (χ0) is 21.6. The Morgan fingerprint density at radius 3 is 2.70 bits per heavy atom. The van der Waals surface area contributed by atoms with E-state index in [-0.39, 0.29) is 0 Å². The Labute approximate surface area is 182 Å². The van der Waals surface area contributed by atoms with Crippen molar-refractivity contribution in [1.82, 2.24) is 15.5 Å². The first kappa shape index (κ1) is 24.3. The van der Waals surface area contributed by atoms with Gasteiger partial charge in [-0.05, 0) is 50.3 Å². The quantitative estimate of drug-likeness (QED) is 0.308. The van der Waals surface area contributed by atoms with Crippen molar-refractivity contribution in [2.24, 2.45) is 10.9 Å². The molecule has 0 aromatic heterocycles. The van der Waals surface area contributed by atoms with Gasteiger partial charge in [0.25, 0.3) is 0 Å². The Balaban J connectivity index is 1.75. The van der Waals surface area contributed by atoms with Crippen LogP contribution in [-0.4, -0.2) is 77.1 Å². The lowest BCUT2D eigenvalue weighted by atomic mass is 10.1.